The Morgan fingerprint density at radius 1 is 1.36 bits per heavy atom. The van der Waals surface area contributed by atoms with Crippen LogP contribution in [0.4, 0.5) is 18.9 Å². The molecular formula is C26H29F3N6O4. The molecule has 2 fully saturated rings. The van der Waals surface area contributed by atoms with Gasteiger partial charge in [0.05, 0.1) is 36.0 Å². The lowest BCUT2D eigenvalue weighted by molar-refractivity contribution is -0.178. The van der Waals surface area contributed by atoms with Crippen molar-refractivity contribution >= 4 is 29.6 Å². The van der Waals surface area contributed by atoms with Crippen molar-refractivity contribution in [3.8, 4) is 6.07 Å². The number of dihydropyridines is 1. The summed E-state index contributed by atoms with van der Waals surface area (Å²) in [5.41, 5.74) is 7.43. The van der Waals surface area contributed by atoms with Crippen LogP contribution < -0.4 is 11.2 Å². The molecule has 3 heterocycles. The summed E-state index contributed by atoms with van der Waals surface area (Å²) in [6.45, 7) is 5.27. The van der Waals surface area contributed by atoms with E-state index in [4.69, 9.17) is 15.2 Å². The van der Waals surface area contributed by atoms with E-state index in [2.05, 4.69) is 21.5 Å². The Morgan fingerprint density at radius 2 is 2.05 bits per heavy atom. The zero-order valence-corrected chi connectivity index (χ0v) is 21.7. The van der Waals surface area contributed by atoms with Crippen molar-refractivity contribution in [1.29, 1.82) is 5.26 Å². The van der Waals surface area contributed by atoms with Crippen molar-refractivity contribution in [2.75, 3.05) is 6.61 Å². The molecule has 208 valence electrons. The molecule has 1 aromatic rings. The van der Waals surface area contributed by atoms with Crippen LogP contribution in [0.1, 0.15) is 51.6 Å². The average molecular weight is 547 g/mol. The monoisotopic (exact) mass is 546 g/mol. The van der Waals surface area contributed by atoms with Gasteiger partial charge in [0.25, 0.3) is 5.91 Å². The Kier molecular flexibility index (Phi) is 7.55. The Hall–Kier alpha value is -3.76. The minimum absolute atomic E-state index is 0.00768. The number of carbonyl (C=O) groups excluding carboxylic acids is 2. The van der Waals surface area contributed by atoms with Crippen LogP contribution in [0.15, 0.2) is 46.0 Å². The van der Waals surface area contributed by atoms with Gasteiger partial charge < -0.3 is 15.2 Å². The van der Waals surface area contributed by atoms with Gasteiger partial charge in [0.1, 0.15) is 23.4 Å². The first-order valence-corrected chi connectivity index (χ1v) is 12.3. The molecule has 10 nitrogen and oxygen atoms in total. The fourth-order valence-corrected chi connectivity index (χ4v) is 4.66. The van der Waals surface area contributed by atoms with E-state index in [0.29, 0.717) is 17.8 Å². The molecule has 1 unspecified atom stereocenters. The maximum Gasteiger partial charge on any atom is 0.407 e. The summed E-state index contributed by atoms with van der Waals surface area (Å²) in [5, 5.41) is 11.3. The van der Waals surface area contributed by atoms with Crippen LogP contribution in [-0.4, -0.2) is 59.0 Å². The predicted octanol–water partition coefficient (Wildman–Crippen LogP) is 3.38. The zero-order valence-electron chi connectivity index (χ0n) is 21.7. The molecule has 3 N–H and O–H groups in total. The third kappa shape index (κ3) is 5.97. The molecule has 0 aromatic heterocycles. The molecule has 1 amide bonds. The number of carbonyl (C=O) groups is 2. The molecule has 1 aromatic carbocycles. The summed E-state index contributed by atoms with van der Waals surface area (Å²) in [4.78, 5) is 33.7. The number of nitriles is 1. The Balaban J connectivity index is 1.60. The van der Waals surface area contributed by atoms with E-state index in [1.54, 1.807) is 31.9 Å². The highest BCUT2D eigenvalue weighted by Gasteiger charge is 2.52. The van der Waals surface area contributed by atoms with E-state index >= 15 is 0 Å². The lowest BCUT2D eigenvalue weighted by Crippen LogP contribution is -2.58. The van der Waals surface area contributed by atoms with Crippen molar-refractivity contribution in [3.63, 3.8) is 0 Å². The normalized spacial score (nSPS) is 26.9. The van der Waals surface area contributed by atoms with Gasteiger partial charge in [0, 0.05) is 6.21 Å². The van der Waals surface area contributed by atoms with E-state index in [9.17, 15) is 28.0 Å². The van der Waals surface area contributed by atoms with Crippen LogP contribution in [0.2, 0.25) is 0 Å². The molecule has 0 spiro atoms. The number of nitrogens with one attached hydrogen (secondary N) is 1. The number of amides is 1. The third-order valence-electron chi connectivity index (χ3n) is 6.58. The van der Waals surface area contributed by atoms with Gasteiger partial charge >= 0.3 is 12.1 Å². The standard InChI is InChI=1S/C26H29F3N6O4/c1-24(2,3)39-23(37)18-8-10-25(11-12-30,14-38-18)35-17-9-13-32-22(36)19(17)21(34-35)33-16-6-4-15(5-7-16)20(31)26(27,28)29/h4-7,9,13,18-20H,8,10-11,14,31H2,1-3H3,(H,33,34)/t18-,19?,20+,25+/m1/s1. The summed E-state index contributed by atoms with van der Waals surface area (Å²) in [6, 6.07) is 5.24. The molecule has 3 aliphatic rings. The highest BCUT2D eigenvalue weighted by atomic mass is 19.4. The van der Waals surface area contributed by atoms with Crippen LogP contribution in [0.5, 0.6) is 0 Å². The number of fused-ring (bicyclic) bond motifs is 1. The van der Waals surface area contributed by atoms with Crippen molar-refractivity contribution in [2.24, 2.45) is 21.6 Å². The van der Waals surface area contributed by atoms with Crippen LogP contribution in [0, 0.1) is 17.2 Å². The second kappa shape index (κ2) is 10.4. The summed E-state index contributed by atoms with van der Waals surface area (Å²) in [7, 11) is 0. The van der Waals surface area contributed by atoms with Crippen LogP contribution in [0.25, 0.3) is 0 Å². The molecular weight excluding hydrogens is 517 g/mol. The van der Waals surface area contributed by atoms with E-state index in [1.807, 2.05) is 0 Å². The van der Waals surface area contributed by atoms with Gasteiger partial charge in [-0.05, 0) is 57.4 Å². The topological polar surface area (TPSA) is 142 Å². The number of aliphatic imine (C=N–C) groups is 2. The van der Waals surface area contributed by atoms with Crippen molar-refractivity contribution < 1.29 is 32.2 Å². The number of rotatable bonds is 5. The van der Waals surface area contributed by atoms with Gasteiger partial charge in [-0.15, -0.1) is 0 Å². The lowest BCUT2D eigenvalue weighted by Gasteiger charge is -2.45. The second-order valence-corrected chi connectivity index (χ2v) is 10.6. The summed E-state index contributed by atoms with van der Waals surface area (Å²) >= 11 is 0. The largest absolute Gasteiger partial charge is 0.458 e. The van der Waals surface area contributed by atoms with Crippen LogP contribution in [0.3, 0.4) is 0 Å². The van der Waals surface area contributed by atoms with Crippen molar-refractivity contribution in [2.45, 2.75) is 69.5 Å². The molecule has 39 heavy (non-hydrogen) atoms. The highest BCUT2D eigenvalue weighted by molar-refractivity contribution is 6.12. The van der Waals surface area contributed by atoms with Gasteiger partial charge in [0.15, 0.2) is 6.10 Å². The minimum Gasteiger partial charge on any atom is -0.458 e. The Bertz CT molecular complexity index is 1250. The highest BCUT2D eigenvalue weighted by Crippen LogP contribution is 2.40. The number of alkyl halides is 3. The second-order valence-electron chi connectivity index (χ2n) is 10.6. The molecule has 0 saturated carbocycles. The molecule has 4 atom stereocenters. The smallest absolute Gasteiger partial charge is 0.407 e. The fourth-order valence-electron chi connectivity index (χ4n) is 4.66. The van der Waals surface area contributed by atoms with Crippen LogP contribution >= 0.6 is 0 Å². The number of ether oxygens (including phenoxy) is 2. The number of benzene rings is 1. The SMILES string of the molecule is CC(C)(C)OC(=O)[C@H]1CC[C@@](CC#N)(N2NC(=Nc3ccc([C@H](N)C(F)(F)F)cc3)C3C(=O)N=CC=C32)CO1. The number of halogens is 3. The van der Waals surface area contributed by atoms with Crippen LogP contribution in [-0.2, 0) is 19.1 Å². The molecule has 0 aliphatic carbocycles. The van der Waals surface area contributed by atoms with Gasteiger partial charge in [-0.3, -0.25) is 15.2 Å². The molecule has 13 heteroatoms. The number of hydrogen-bond donors (Lipinski definition) is 2. The first-order chi connectivity index (χ1) is 18.2. The number of hydrogen-bond acceptors (Lipinski definition) is 8. The molecule has 4 rings (SSSR count). The van der Waals surface area contributed by atoms with E-state index in [0.717, 1.165) is 0 Å². The summed E-state index contributed by atoms with van der Waals surface area (Å²) < 4.78 is 50.2. The number of allylic oxidation sites excluding steroid dienone is 1. The van der Waals surface area contributed by atoms with E-state index in [1.165, 1.54) is 30.5 Å². The third-order valence-corrected chi connectivity index (χ3v) is 6.58. The number of hydrazine groups is 1. The maximum atomic E-state index is 13.0. The Morgan fingerprint density at radius 3 is 2.62 bits per heavy atom. The maximum absolute atomic E-state index is 13.0. The minimum atomic E-state index is -4.59. The van der Waals surface area contributed by atoms with E-state index < -0.39 is 47.3 Å². The van der Waals surface area contributed by atoms with Crippen molar-refractivity contribution in [1.82, 2.24) is 10.4 Å². The average Bonchev–Trinajstić information content (AvgIpc) is 3.23. The molecule has 2 saturated heterocycles. The van der Waals surface area contributed by atoms with Gasteiger partial charge in [-0.25, -0.2) is 14.8 Å². The predicted molar refractivity (Wildman–Crippen MR) is 134 cm³/mol. The number of esters is 1. The lowest BCUT2D eigenvalue weighted by atomic mass is 9.85. The zero-order chi connectivity index (χ0) is 28.6. The summed E-state index contributed by atoms with van der Waals surface area (Å²) in [6.07, 6.45) is -1.75. The number of nitrogens with two attached hydrogens (primary N) is 1. The summed E-state index contributed by atoms with van der Waals surface area (Å²) in [5.74, 6) is -1.70. The van der Waals surface area contributed by atoms with Gasteiger partial charge in [-0.1, -0.05) is 12.1 Å². The Labute approximate surface area is 223 Å². The number of amidine groups is 1. The quantitative estimate of drug-likeness (QED) is 0.536. The molecule has 0 radical (unpaired) electrons. The fraction of sp³-hybridized carbons (Fsp3) is 0.500. The first-order valence-electron chi connectivity index (χ1n) is 12.3. The van der Waals surface area contributed by atoms with Crippen molar-refractivity contribution in [3.05, 3.63) is 41.6 Å². The van der Waals surface area contributed by atoms with Gasteiger partial charge in [-0.2, -0.15) is 18.4 Å². The first kappa shape index (κ1) is 28.3. The molecule has 0 bridgehead atoms. The van der Waals surface area contributed by atoms with E-state index in [-0.39, 0.29) is 30.8 Å². The molecule has 3 aliphatic heterocycles. The van der Waals surface area contributed by atoms with Gasteiger partial charge in [0.2, 0.25) is 0 Å². The number of nitrogens with zero attached hydrogens (tertiary/aromatic N) is 4.